The molecule has 2 amide bonds. The Bertz CT molecular complexity index is 1270. The van der Waals surface area contributed by atoms with Crippen LogP contribution in [0.15, 0.2) is 72.8 Å². The van der Waals surface area contributed by atoms with Crippen LogP contribution in [-0.2, 0) is 0 Å². The van der Waals surface area contributed by atoms with Crippen LogP contribution >= 0.6 is 11.7 Å². The molecule has 2 heterocycles. The van der Waals surface area contributed by atoms with Crippen molar-refractivity contribution in [2.75, 3.05) is 36.4 Å². The van der Waals surface area contributed by atoms with Crippen molar-refractivity contribution in [2.45, 2.75) is 0 Å². The third kappa shape index (κ3) is 4.04. The maximum Gasteiger partial charge on any atom is 0.255 e. The quantitative estimate of drug-likeness (QED) is 0.518. The number of piperazine rings is 1. The second-order valence-corrected chi connectivity index (χ2v) is 8.11. The molecule has 3 aromatic carbocycles. The molecule has 7 nitrogen and oxygen atoms in total. The zero-order chi connectivity index (χ0) is 21.9. The number of nitrogens with one attached hydrogen (secondary N) is 1. The fourth-order valence-electron chi connectivity index (χ4n) is 3.89. The Morgan fingerprint density at radius 2 is 1.50 bits per heavy atom. The van der Waals surface area contributed by atoms with E-state index in [1.807, 2.05) is 65.6 Å². The number of benzene rings is 3. The molecule has 1 fully saturated rings. The van der Waals surface area contributed by atoms with Gasteiger partial charge in [-0.3, -0.25) is 9.59 Å². The van der Waals surface area contributed by atoms with Gasteiger partial charge in [0.2, 0.25) is 0 Å². The van der Waals surface area contributed by atoms with Gasteiger partial charge in [0.1, 0.15) is 11.0 Å². The number of carbonyl (C=O) groups excluding carboxylic acids is 2. The van der Waals surface area contributed by atoms with Crippen molar-refractivity contribution in [3.05, 3.63) is 83.9 Å². The van der Waals surface area contributed by atoms with E-state index in [0.717, 1.165) is 34.1 Å². The van der Waals surface area contributed by atoms with Crippen molar-refractivity contribution in [1.29, 1.82) is 0 Å². The van der Waals surface area contributed by atoms with Crippen LogP contribution in [-0.4, -0.2) is 51.6 Å². The van der Waals surface area contributed by atoms with E-state index in [1.165, 1.54) is 0 Å². The topological polar surface area (TPSA) is 78.4 Å². The number of aromatic nitrogens is 2. The number of anilines is 2. The largest absolute Gasteiger partial charge is 0.366 e. The second kappa shape index (κ2) is 8.76. The molecule has 1 aliphatic rings. The zero-order valence-electron chi connectivity index (χ0n) is 17.3. The van der Waals surface area contributed by atoms with Crippen LogP contribution in [0.25, 0.3) is 11.0 Å². The van der Waals surface area contributed by atoms with Gasteiger partial charge in [-0.05, 0) is 42.5 Å². The van der Waals surface area contributed by atoms with Crippen molar-refractivity contribution in [1.82, 2.24) is 13.6 Å². The van der Waals surface area contributed by atoms with Crippen LogP contribution in [0.2, 0.25) is 0 Å². The minimum absolute atomic E-state index is 0.0544. The number of fused-ring (bicyclic) bond motifs is 1. The summed E-state index contributed by atoms with van der Waals surface area (Å²) in [5, 5.41) is 3.03. The van der Waals surface area contributed by atoms with Gasteiger partial charge in [0.25, 0.3) is 11.8 Å². The van der Waals surface area contributed by atoms with Crippen molar-refractivity contribution < 1.29 is 9.59 Å². The Balaban J connectivity index is 1.28. The molecule has 0 unspecified atom stereocenters. The number of nitrogens with zero attached hydrogens (tertiary/aromatic N) is 4. The average Bonchev–Trinajstić information content (AvgIpc) is 3.33. The minimum Gasteiger partial charge on any atom is -0.366 e. The van der Waals surface area contributed by atoms with E-state index in [1.54, 1.807) is 12.1 Å². The SMILES string of the molecule is O=C(Nc1ccccc1N1CCN(C(=O)c2ccccc2)CC1)c1ccc2nsnc2c1. The highest BCUT2D eigenvalue weighted by Gasteiger charge is 2.23. The van der Waals surface area contributed by atoms with Gasteiger partial charge in [-0.2, -0.15) is 8.75 Å². The monoisotopic (exact) mass is 443 g/mol. The van der Waals surface area contributed by atoms with Gasteiger partial charge in [-0.1, -0.05) is 30.3 Å². The Morgan fingerprint density at radius 3 is 2.31 bits per heavy atom. The predicted molar refractivity (Wildman–Crippen MR) is 126 cm³/mol. The highest BCUT2D eigenvalue weighted by molar-refractivity contribution is 7.00. The summed E-state index contributed by atoms with van der Waals surface area (Å²) in [6.45, 7) is 2.65. The number of hydrogen-bond acceptors (Lipinski definition) is 6. The van der Waals surface area contributed by atoms with Gasteiger partial charge < -0.3 is 15.1 Å². The molecule has 160 valence electrons. The molecule has 0 spiro atoms. The number of para-hydroxylation sites is 2. The number of amides is 2. The molecule has 0 radical (unpaired) electrons. The van der Waals surface area contributed by atoms with Crippen molar-refractivity contribution in [3.8, 4) is 0 Å². The first-order valence-corrected chi connectivity index (χ1v) is 11.1. The van der Waals surface area contributed by atoms with Crippen LogP contribution in [0, 0.1) is 0 Å². The molecule has 0 saturated carbocycles. The van der Waals surface area contributed by atoms with Gasteiger partial charge in [-0.25, -0.2) is 0 Å². The smallest absolute Gasteiger partial charge is 0.255 e. The maximum atomic E-state index is 12.9. The normalized spacial score (nSPS) is 13.9. The standard InChI is InChI=1S/C24H21N5O2S/c30-23(18-10-11-19-21(16-18)27-32-26-19)25-20-8-4-5-9-22(20)28-12-14-29(15-13-28)24(31)17-6-2-1-3-7-17/h1-11,16H,12-15H2,(H,25,30). The van der Waals surface area contributed by atoms with Crippen LogP contribution in [0.1, 0.15) is 20.7 Å². The van der Waals surface area contributed by atoms with Crippen LogP contribution in [0.4, 0.5) is 11.4 Å². The summed E-state index contributed by atoms with van der Waals surface area (Å²) in [6, 6.07) is 22.4. The number of carbonyl (C=O) groups is 2. The van der Waals surface area contributed by atoms with Crippen molar-refractivity contribution in [3.63, 3.8) is 0 Å². The third-order valence-electron chi connectivity index (χ3n) is 5.60. The fraction of sp³-hybridized carbons (Fsp3) is 0.167. The van der Waals surface area contributed by atoms with Gasteiger partial charge in [0.15, 0.2) is 0 Å². The second-order valence-electron chi connectivity index (χ2n) is 7.58. The Hall–Kier alpha value is -3.78. The van der Waals surface area contributed by atoms with E-state index in [-0.39, 0.29) is 11.8 Å². The number of rotatable bonds is 4. The average molecular weight is 444 g/mol. The maximum absolute atomic E-state index is 12.9. The Morgan fingerprint density at radius 1 is 0.781 bits per heavy atom. The van der Waals surface area contributed by atoms with Gasteiger partial charge in [-0.15, -0.1) is 0 Å². The van der Waals surface area contributed by atoms with E-state index in [0.29, 0.717) is 37.3 Å². The summed E-state index contributed by atoms with van der Waals surface area (Å²) in [7, 11) is 0. The Labute approximate surface area is 189 Å². The molecule has 1 N–H and O–H groups in total. The summed E-state index contributed by atoms with van der Waals surface area (Å²) in [4.78, 5) is 29.7. The lowest BCUT2D eigenvalue weighted by Crippen LogP contribution is -2.49. The molecule has 1 saturated heterocycles. The summed E-state index contributed by atoms with van der Waals surface area (Å²) in [5.74, 6) is -0.135. The Kier molecular flexibility index (Phi) is 5.51. The molecule has 1 aromatic heterocycles. The lowest BCUT2D eigenvalue weighted by Gasteiger charge is -2.37. The molecular formula is C24H21N5O2S. The van der Waals surface area contributed by atoms with Crippen LogP contribution in [0.3, 0.4) is 0 Å². The first-order chi connectivity index (χ1) is 15.7. The molecule has 8 heteroatoms. The fourth-order valence-corrected chi connectivity index (χ4v) is 4.40. The third-order valence-corrected chi connectivity index (χ3v) is 6.15. The molecule has 5 rings (SSSR count). The van der Waals surface area contributed by atoms with Crippen LogP contribution < -0.4 is 10.2 Å². The molecule has 0 aliphatic carbocycles. The van der Waals surface area contributed by atoms with Gasteiger partial charge >= 0.3 is 0 Å². The molecule has 4 aromatic rings. The summed E-state index contributed by atoms with van der Waals surface area (Å²) in [6.07, 6.45) is 0. The number of hydrogen-bond donors (Lipinski definition) is 1. The van der Waals surface area contributed by atoms with E-state index in [9.17, 15) is 9.59 Å². The van der Waals surface area contributed by atoms with E-state index in [2.05, 4.69) is 19.0 Å². The zero-order valence-corrected chi connectivity index (χ0v) is 18.1. The van der Waals surface area contributed by atoms with Crippen molar-refractivity contribution >= 4 is 46.0 Å². The minimum atomic E-state index is -0.190. The molecular weight excluding hydrogens is 422 g/mol. The first kappa shape index (κ1) is 20.1. The van der Waals surface area contributed by atoms with Crippen molar-refractivity contribution in [2.24, 2.45) is 0 Å². The highest BCUT2D eigenvalue weighted by Crippen LogP contribution is 2.27. The molecule has 0 bridgehead atoms. The van der Waals surface area contributed by atoms with E-state index in [4.69, 9.17) is 0 Å². The predicted octanol–water partition coefficient (Wildman–Crippen LogP) is 3.91. The first-order valence-electron chi connectivity index (χ1n) is 10.4. The lowest BCUT2D eigenvalue weighted by atomic mass is 10.1. The molecule has 0 atom stereocenters. The highest BCUT2D eigenvalue weighted by atomic mass is 32.1. The summed E-state index contributed by atoms with van der Waals surface area (Å²) >= 11 is 1.13. The summed E-state index contributed by atoms with van der Waals surface area (Å²) in [5.41, 5.74) is 4.45. The van der Waals surface area contributed by atoms with Gasteiger partial charge in [0, 0.05) is 37.3 Å². The molecule has 32 heavy (non-hydrogen) atoms. The lowest BCUT2D eigenvalue weighted by molar-refractivity contribution is 0.0746. The summed E-state index contributed by atoms with van der Waals surface area (Å²) < 4.78 is 8.39. The van der Waals surface area contributed by atoms with E-state index < -0.39 is 0 Å². The van der Waals surface area contributed by atoms with Gasteiger partial charge in [0.05, 0.1) is 23.1 Å². The molecule has 1 aliphatic heterocycles. The van der Waals surface area contributed by atoms with Crippen LogP contribution in [0.5, 0.6) is 0 Å². The van der Waals surface area contributed by atoms with E-state index >= 15 is 0 Å².